The zero-order chi connectivity index (χ0) is 23.1. The number of nitrogens with zero attached hydrogens (tertiary/aromatic N) is 4. The lowest BCUT2D eigenvalue weighted by Crippen LogP contribution is -2.21. The average Bonchev–Trinajstić information content (AvgIpc) is 3.48. The zero-order valence-electron chi connectivity index (χ0n) is 18.4. The molecule has 1 aliphatic rings. The van der Waals surface area contributed by atoms with E-state index in [1.165, 1.54) is 13.2 Å². The standard InChI is InChI=1S/C24H25ClFN5O2/c1-13(21-20(33-2)8-7-19(26)22(21)25)23-18-9-14(10-27-24(18)30-29-23)15-11-28-31(12-15)16-3-5-17(32)6-4-16/h7-13,16-17,32H,3-6H2,1-2H3,(H,27,29,30). The summed E-state index contributed by atoms with van der Waals surface area (Å²) in [5.41, 5.74) is 3.77. The predicted octanol–water partition coefficient (Wildman–Crippen LogP) is 5.25. The van der Waals surface area contributed by atoms with Crippen molar-refractivity contribution in [1.82, 2.24) is 25.0 Å². The van der Waals surface area contributed by atoms with Crippen molar-refractivity contribution in [3.63, 3.8) is 0 Å². The maximum Gasteiger partial charge on any atom is 0.181 e. The summed E-state index contributed by atoms with van der Waals surface area (Å²) in [6, 6.07) is 5.19. The number of rotatable bonds is 5. The predicted molar refractivity (Wildman–Crippen MR) is 124 cm³/mol. The molecule has 1 atom stereocenters. The van der Waals surface area contributed by atoms with Gasteiger partial charge in [0.05, 0.1) is 36.2 Å². The van der Waals surface area contributed by atoms with Gasteiger partial charge in [-0.2, -0.15) is 10.2 Å². The lowest BCUT2D eigenvalue weighted by Gasteiger charge is -2.25. The number of hydrogen-bond donors (Lipinski definition) is 2. The number of aliphatic hydroxyl groups excluding tert-OH is 1. The first-order valence-corrected chi connectivity index (χ1v) is 11.4. The fraction of sp³-hybridized carbons (Fsp3) is 0.375. The summed E-state index contributed by atoms with van der Waals surface area (Å²) in [7, 11) is 1.54. The molecule has 0 spiro atoms. The maximum atomic E-state index is 14.2. The van der Waals surface area contributed by atoms with Crippen LogP contribution >= 0.6 is 11.6 Å². The van der Waals surface area contributed by atoms with Crippen LogP contribution in [0.15, 0.2) is 36.8 Å². The van der Waals surface area contributed by atoms with E-state index in [1.54, 1.807) is 12.3 Å². The van der Waals surface area contributed by atoms with Crippen LogP contribution in [-0.4, -0.2) is 43.3 Å². The number of H-pyrrole nitrogens is 1. The van der Waals surface area contributed by atoms with E-state index in [-0.39, 0.29) is 17.0 Å². The smallest absolute Gasteiger partial charge is 0.181 e. The molecule has 0 saturated heterocycles. The van der Waals surface area contributed by atoms with Crippen LogP contribution < -0.4 is 4.74 Å². The molecular formula is C24H25ClFN5O2. The number of hydrogen-bond acceptors (Lipinski definition) is 5. The molecule has 1 aromatic carbocycles. The number of aliphatic hydroxyl groups is 1. The van der Waals surface area contributed by atoms with Gasteiger partial charge in [-0.05, 0) is 43.9 Å². The molecule has 1 saturated carbocycles. The topological polar surface area (TPSA) is 88.9 Å². The molecular weight excluding hydrogens is 445 g/mol. The quantitative estimate of drug-likeness (QED) is 0.416. The summed E-state index contributed by atoms with van der Waals surface area (Å²) in [6.07, 6.45) is 8.88. The first kappa shape index (κ1) is 21.9. The number of fused-ring (bicyclic) bond motifs is 1. The molecule has 2 N–H and O–H groups in total. The second-order valence-corrected chi connectivity index (χ2v) is 8.98. The van der Waals surface area contributed by atoms with E-state index < -0.39 is 5.82 Å². The van der Waals surface area contributed by atoms with Crippen molar-refractivity contribution >= 4 is 22.6 Å². The van der Waals surface area contributed by atoms with E-state index in [0.29, 0.717) is 23.0 Å². The Bertz CT molecular complexity index is 1300. The summed E-state index contributed by atoms with van der Waals surface area (Å²) >= 11 is 6.32. The highest BCUT2D eigenvalue weighted by Gasteiger charge is 2.25. The third-order valence-corrected chi connectivity index (χ3v) is 6.98. The second-order valence-electron chi connectivity index (χ2n) is 8.60. The minimum absolute atomic E-state index is 0.0348. The molecule has 4 aromatic rings. The van der Waals surface area contributed by atoms with Gasteiger partial charge in [0.2, 0.25) is 0 Å². The van der Waals surface area contributed by atoms with Crippen molar-refractivity contribution in [2.45, 2.75) is 50.7 Å². The second kappa shape index (κ2) is 8.76. The monoisotopic (exact) mass is 469 g/mol. The summed E-state index contributed by atoms with van der Waals surface area (Å²) < 4.78 is 21.7. The van der Waals surface area contributed by atoms with Gasteiger partial charge < -0.3 is 9.84 Å². The van der Waals surface area contributed by atoms with Crippen molar-refractivity contribution in [3.05, 3.63) is 58.9 Å². The Morgan fingerprint density at radius 1 is 1.21 bits per heavy atom. The van der Waals surface area contributed by atoms with Gasteiger partial charge in [-0.1, -0.05) is 18.5 Å². The van der Waals surface area contributed by atoms with Crippen LogP contribution in [-0.2, 0) is 0 Å². The molecule has 7 nitrogen and oxygen atoms in total. The first-order chi connectivity index (χ1) is 16.0. The van der Waals surface area contributed by atoms with Gasteiger partial charge in [-0.3, -0.25) is 9.78 Å². The number of nitrogens with one attached hydrogen (secondary N) is 1. The molecule has 3 heterocycles. The van der Waals surface area contributed by atoms with Crippen molar-refractivity contribution in [2.75, 3.05) is 7.11 Å². The average molecular weight is 470 g/mol. The third-order valence-electron chi connectivity index (χ3n) is 6.59. The SMILES string of the molecule is COc1ccc(F)c(Cl)c1C(C)c1[nH]nc2ncc(-c3cnn(C4CCC(O)CC4)c3)cc12. The van der Waals surface area contributed by atoms with Gasteiger partial charge in [0.1, 0.15) is 11.6 Å². The van der Waals surface area contributed by atoms with Crippen LogP contribution in [0.1, 0.15) is 55.8 Å². The number of halogens is 2. The van der Waals surface area contributed by atoms with Gasteiger partial charge in [-0.15, -0.1) is 0 Å². The van der Waals surface area contributed by atoms with Crippen LogP contribution in [0.25, 0.3) is 22.2 Å². The van der Waals surface area contributed by atoms with Crippen molar-refractivity contribution in [3.8, 4) is 16.9 Å². The van der Waals surface area contributed by atoms with Gasteiger partial charge in [0.15, 0.2) is 5.65 Å². The van der Waals surface area contributed by atoms with E-state index in [9.17, 15) is 9.50 Å². The minimum atomic E-state index is -0.496. The number of aromatic amines is 1. The summed E-state index contributed by atoms with van der Waals surface area (Å²) in [5.74, 6) is -0.286. The van der Waals surface area contributed by atoms with E-state index in [0.717, 1.165) is 47.9 Å². The van der Waals surface area contributed by atoms with E-state index in [2.05, 4.69) is 20.3 Å². The highest BCUT2D eigenvalue weighted by Crippen LogP contribution is 2.40. The van der Waals surface area contributed by atoms with E-state index in [1.807, 2.05) is 30.1 Å². The number of ether oxygens (including phenoxy) is 1. The van der Waals surface area contributed by atoms with E-state index >= 15 is 0 Å². The fourth-order valence-corrected chi connectivity index (χ4v) is 5.01. The van der Waals surface area contributed by atoms with Gasteiger partial charge in [-0.25, -0.2) is 9.37 Å². The molecule has 0 amide bonds. The molecule has 3 aromatic heterocycles. The number of pyridine rings is 1. The summed E-state index contributed by atoms with van der Waals surface area (Å²) in [4.78, 5) is 4.52. The Morgan fingerprint density at radius 2 is 2.00 bits per heavy atom. The van der Waals surface area contributed by atoms with E-state index in [4.69, 9.17) is 16.3 Å². The van der Waals surface area contributed by atoms with Gasteiger partial charge in [0.25, 0.3) is 0 Å². The van der Waals surface area contributed by atoms with Crippen LogP contribution in [0.5, 0.6) is 5.75 Å². The normalized spacial score (nSPS) is 19.7. The number of methoxy groups -OCH3 is 1. The molecule has 33 heavy (non-hydrogen) atoms. The van der Waals surface area contributed by atoms with Crippen molar-refractivity contribution in [2.24, 2.45) is 0 Å². The Kier molecular flexibility index (Phi) is 5.80. The highest BCUT2D eigenvalue weighted by molar-refractivity contribution is 6.31. The van der Waals surface area contributed by atoms with Crippen LogP contribution in [0.4, 0.5) is 4.39 Å². The molecule has 1 unspecified atom stereocenters. The fourth-order valence-electron chi connectivity index (χ4n) is 4.69. The van der Waals surface area contributed by atoms with Crippen molar-refractivity contribution < 1.29 is 14.2 Å². The first-order valence-electron chi connectivity index (χ1n) is 11.0. The largest absolute Gasteiger partial charge is 0.496 e. The Labute approximate surface area is 195 Å². The Hall–Kier alpha value is -2.97. The Balaban J connectivity index is 1.50. The zero-order valence-corrected chi connectivity index (χ0v) is 19.2. The van der Waals surface area contributed by atoms with Gasteiger partial charge >= 0.3 is 0 Å². The molecule has 5 rings (SSSR count). The van der Waals surface area contributed by atoms with Crippen LogP contribution in [0.3, 0.4) is 0 Å². The lowest BCUT2D eigenvalue weighted by atomic mass is 9.93. The molecule has 1 aliphatic carbocycles. The molecule has 0 radical (unpaired) electrons. The summed E-state index contributed by atoms with van der Waals surface area (Å²) in [5, 5.41) is 22.6. The molecule has 1 fully saturated rings. The molecule has 0 bridgehead atoms. The number of aromatic nitrogens is 5. The molecule has 0 aliphatic heterocycles. The van der Waals surface area contributed by atoms with Crippen LogP contribution in [0.2, 0.25) is 5.02 Å². The third kappa shape index (κ3) is 3.98. The van der Waals surface area contributed by atoms with Crippen molar-refractivity contribution in [1.29, 1.82) is 0 Å². The van der Waals surface area contributed by atoms with Gasteiger partial charge in [0, 0.05) is 40.4 Å². The Morgan fingerprint density at radius 3 is 2.76 bits per heavy atom. The number of benzene rings is 1. The molecule has 172 valence electrons. The van der Waals surface area contributed by atoms with Crippen LogP contribution in [0, 0.1) is 5.82 Å². The highest BCUT2D eigenvalue weighted by atomic mass is 35.5. The maximum absolute atomic E-state index is 14.2. The minimum Gasteiger partial charge on any atom is -0.496 e. The molecule has 9 heteroatoms. The summed E-state index contributed by atoms with van der Waals surface area (Å²) in [6.45, 7) is 1.93. The lowest BCUT2D eigenvalue weighted by molar-refractivity contribution is 0.108.